The molecule has 1 aliphatic heterocycles. The van der Waals surface area contributed by atoms with E-state index in [4.69, 9.17) is 4.74 Å². The van der Waals surface area contributed by atoms with Gasteiger partial charge < -0.3 is 4.74 Å². The fourth-order valence-electron chi connectivity index (χ4n) is 2.72. The van der Waals surface area contributed by atoms with E-state index in [0.717, 1.165) is 31.9 Å². The maximum Gasteiger partial charge on any atom is 0.236 e. The summed E-state index contributed by atoms with van der Waals surface area (Å²) in [5, 5.41) is 6.60. The second kappa shape index (κ2) is 5.35. The first-order chi connectivity index (χ1) is 9.28. The lowest BCUT2D eigenvalue weighted by atomic mass is 10.1. The van der Waals surface area contributed by atoms with Gasteiger partial charge in [-0.05, 0) is 30.8 Å². The second-order valence-electron chi connectivity index (χ2n) is 4.95. The molecule has 102 valence electrons. The highest BCUT2D eigenvalue weighted by Gasteiger charge is 2.22. The topological polar surface area (TPSA) is 30.3 Å². The Kier molecular flexibility index (Phi) is 3.57. The van der Waals surface area contributed by atoms with Gasteiger partial charge in [0.2, 0.25) is 5.88 Å². The number of hydrogen-bond donors (Lipinski definition) is 0. The minimum absolute atomic E-state index is 0.801. The van der Waals surface area contributed by atoms with Crippen molar-refractivity contribution in [1.29, 1.82) is 0 Å². The molecule has 0 saturated heterocycles. The Morgan fingerprint density at radius 2 is 2.37 bits per heavy atom. The van der Waals surface area contributed by atoms with Crippen LogP contribution >= 0.6 is 11.3 Å². The van der Waals surface area contributed by atoms with E-state index in [1.165, 1.54) is 22.6 Å². The molecule has 19 heavy (non-hydrogen) atoms. The zero-order valence-corrected chi connectivity index (χ0v) is 12.2. The molecule has 0 saturated carbocycles. The standard InChI is InChI=1S/C14H19N3OS/c1-16-13-10-17(9-11-5-4-8-19-11)7-3-6-12(13)14(15-16)18-2/h4-5,8H,3,6-7,9-10H2,1-2H3. The lowest BCUT2D eigenvalue weighted by molar-refractivity contribution is 0.256. The molecule has 3 rings (SSSR count). The van der Waals surface area contributed by atoms with Gasteiger partial charge in [0.05, 0.1) is 12.8 Å². The zero-order chi connectivity index (χ0) is 13.2. The number of thiophene rings is 1. The van der Waals surface area contributed by atoms with Crippen molar-refractivity contribution < 1.29 is 4.74 Å². The molecule has 0 N–H and O–H groups in total. The van der Waals surface area contributed by atoms with Gasteiger partial charge in [0.15, 0.2) is 0 Å². The van der Waals surface area contributed by atoms with Crippen molar-refractivity contribution in [3.8, 4) is 5.88 Å². The molecule has 0 aromatic carbocycles. The molecule has 2 aromatic heterocycles. The molecular weight excluding hydrogens is 258 g/mol. The van der Waals surface area contributed by atoms with Crippen LogP contribution in [0.5, 0.6) is 5.88 Å². The van der Waals surface area contributed by atoms with E-state index < -0.39 is 0 Å². The van der Waals surface area contributed by atoms with Gasteiger partial charge in [-0.2, -0.15) is 0 Å². The first-order valence-electron chi connectivity index (χ1n) is 6.61. The third-order valence-corrected chi connectivity index (χ3v) is 4.53. The summed E-state index contributed by atoms with van der Waals surface area (Å²) in [7, 11) is 3.72. The van der Waals surface area contributed by atoms with Crippen LogP contribution in [0.15, 0.2) is 17.5 Å². The smallest absolute Gasteiger partial charge is 0.236 e. The predicted octanol–water partition coefficient (Wildman–Crippen LogP) is 2.44. The summed E-state index contributed by atoms with van der Waals surface area (Å²) in [6, 6.07) is 4.33. The molecule has 0 radical (unpaired) electrons. The summed E-state index contributed by atoms with van der Waals surface area (Å²) in [5.74, 6) is 0.801. The molecular formula is C14H19N3OS. The Hall–Kier alpha value is -1.33. The minimum atomic E-state index is 0.801. The van der Waals surface area contributed by atoms with Gasteiger partial charge in [-0.1, -0.05) is 6.07 Å². The Morgan fingerprint density at radius 1 is 1.47 bits per heavy atom. The fourth-order valence-corrected chi connectivity index (χ4v) is 3.46. The summed E-state index contributed by atoms with van der Waals surface area (Å²) in [5.41, 5.74) is 2.59. The molecule has 0 atom stereocenters. The van der Waals surface area contributed by atoms with Crippen LogP contribution in [0.25, 0.3) is 0 Å². The molecule has 0 spiro atoms. The summed E-state index contributed by atoms with van der Waals surface area (Å²) >= 11 is 1.83. The maximum atomic E-state index is 5.38. The molecule has 3 heterocycles. The van der Waals surface area contributed by atoms with Crippen LogP contribution < -0.4 is 4.74 Å². The second-order valence-corrected chi connectivity index (χ2v) is 5.98. The molecule has 0 amide bonds. The van der Waals surface area contributed by atoms with Crippen molar-refractivity contribution >= 4 is 11.3 Å². The first-order valence-corrected chi connectivity index (χ1v) is 7.49. The number of aryl methyl sites for hydroxylation is 1. The van der Waals surface area contributed by atoms with Gasteiger partial charge in [0.1, 0.15) is 0 Å². The minimum Gasteiger partial charge on any atom is -0.480 e. The van der Waals surface area contributed by atoms with Crippen molar-refractivity contribution in [2.45, 2.75) is 25.9 Å². The van der Waals surface area contributed by atoms with Gasteiger partial charge in [-0.15, -0.1) is 16.4 Å². The summed E-state index contributed by atoms with van der Waals surface area (Å²) in [4.78, 5) is 3.93. The highest BCUT2D eigenvalue weighted by atomic mass is 32.1. The molecule has 0 fully saturated rings. The molecule has 4 nitrogen and oxygen atoms in total. The van der Waals surface area contributed by atoms with Crippen LogP contribution in [0.3, 0.4) is 0 Å². The SMILES string of the molecule is COc1nn(C)c2c1CCCN(Cc1cccs1)C2. The quantitative estimate of drug-likeness (QED) is 0.863. The number of fused-ring (bicyclic) bond motifs is 1. The van der Waals surface area contributed by atoms with Gasteiger partial charge in [-0.25, -0.2) is 0 Å². The number of nitrogens with zero attached hydrogens (tertiary/aromatic N) is 3. The highest BCUT2D eigenvalue weighted by Crippen LogP contribution is 2.27. The summed E-state index contributed by atoms with van der Waals surface area (Å²) in [6.45, 7) is 3.13. The van der Waals surface area contributed by atoms with Gasteiger partial charge in [0.25, 0.3) is 0 Å². The van der Waals surface area contributed by atoms with Crippen LogP contribution in [0, 0.1) is 0 Å². The van der Waals surface area contributed by atoms with Crippen LogP contribution in [-0.2, 0) is 26.6 Å². The number of rotatable bonds is 3. The van der Waals surface area contributed by atoms with E-state index >= 15 is 0 Å². The van der Waals surface area contributed by atoms with Crippen molar-refractivity contribution in [3.63, 3.8) is 0 Å². The van der Waals surface area contributed by atoms with E-state index in [9.17, 15) is 0 Å². The third kappa shape index (κ3) is 2.53. The van der Waals surface area contributed by atoms with Gasteiger partial charge in [0, 0.05) is 30.6 Å². The van der Waals surface area contributed by atoms with Crippen LogP contribution in [0.4, 0.5) is 0 Å². The predicted molar refractivity (Wildman–Crippen MR) is 76.5 cm³/mol. The molecule has 0 bridgehead atoms. The molecule has 2 aromatic rings. The first kappa shape index (κ1) is 12.7. The lowest BCUT2D eigenvalue weighted by Crippen LogP contribution is -2.23. The van der Waals surface area contributed by atoms with Crippen LogP contribution in [0.1, 0.15) is 22.6 Å². The Balaban J connectivity index is 1.82. The monoisotopic (exact) mass is 277 g/mol. The molecule has 0 unspecified atom stereocenters. The summed E-state index contributed by atoms with van der Waals surface area (Å²) < 4.78 is 7.35. The summed E-state index contributed by atoms with van der Waals surface area (Å²) in [6.07, 6.45) is 2.23. The van der Waals surface area contributed by atoms with E-state index in [0.29, 0.717) is 0 Å². The Labute approximate surface area is 117 Å². The normalized spacial score (nSPS) is 16.1. The zero-order valence-electron chi connectivity index (χ0n) is 11.4. The molecule has 1 aliphatic rings. The number of aromatic nitrogens is 2. The maximum absolute atomic E-state index is 5.38. The average Bonchev–Trinajstić information content (AvgIpc) is 2.94. The highest BCUT2D eigenvalue weighted by molar-refractivity contribution is 7.09. The molecule has 0 aliphatic carbocycles. The largest absolute Gasteiger partial charge is 0.480 e. The average molecular weight is 277 g/mol. The van der Waals surface area contributed by atoms with E-state index in [1.54, 1.807) is 7.11 Å². The van der Waals surface area contributed by atoms with Crippen molar-refractivity contribution in [2.75, 3.05) is 13.7 Å². The Morgan fingerprint density at radius 3 is 3.11 bits per heavy atom. The van der Waals surface area contributed by atoms with E-state index in [2.05, 4.69) is 27.5 Å². The van der Waals surface area contributed by atoms with Crippen molar-refractivity contribution in [3.05, 3.63) is 33.6 Å². The van der Waals surface area contributed by atoms with E-state index in [-0.39, 0.29) is 0 Å². The lowest BCUT2D eigenvalue weighted by Gasteiger charge is -2.19. The van der Waals surface area contributed by atoms with Crippen molar-refractivity contribution in [2.24, 2.45) is 7.05 Å². The van der Waals surface area contributed by atoms with Gasteiger partial charge in [-0.3, -0.25) is 9.58 Å². The number of hydrogen-bond acceptors (Lipinski definition) is 4. The number of ether oxygens (including phenoxy) is 1. The molecule has 5 heteroatoms. The van der Waals surface area contributed by atoms with Crippen LogP contribution in [0.2, 0.25) is 0 Å². The van der Waals surface area contributed by atoms with Gasteiger partial charge >= 0.3 is 0 Å². The number of methoxy groups -OCH3 is 1. The van der Waals surface area contributed by atoms with Crippen LogP contribution in [-0.4, -0.2) is 28.3 Å². The third-order valence-electron chi connectivity index (χ3n) is 3.67. The van der Waals surface area contributed by atoms with Crippen molar-refractivity contribution in [1.82, 2.24) is 14.7 Å². The van der Waals surface area contributed by atoms with E-state index in [1.807, 2.05) is 23.1 Å². The fraction of sp³-hybridized carbons (Fsp3) is 0.500. The Bertz CT molecular complexity index is 547.